The van der Waals surface area contributed by atoms with E-state index < -0.39 is 5.60 Å². The molecule has 2 heterocycles. The third-order valence-corrected chi connectivity index (χ3v) is 3.93. The summed E-state index contributed by atoms with van der Waals surface area (Å²) in [5.74, 6) is 0. The van der Waals surface area contributed by atoms with E-state index in [1.165, 1.54) is 0 Å². The van der Waals surface area contributed by atoms with Crippen molar-refractivity contribution in [2.24, 2.45) is 0 Å². The average Bonchev–Trinajstić information content (AvgIpc) is 2.74. The van der Waals surface area contributed by atoms with E-state index in [4.69, 9.17) is 4.74 Å². The third-order valence-electron chi connectivity index (χ3n) is 3.93. The largest absolute Gasteiger partial charge is 0.444 e. The fraction of sp³-hybridized carbons (Fsp3) is 0.933. The van der Waals surface area contributed by atoms with Crippen LogP contribution in [0.3, 0.4) is 0 Å². The summed E-state index contributed by atoms with van der Waals surface area (Å²) in [6, 6.07) is 0.476. The Labute approximate surface area is 122 Å². The molecule has 0 aliphatic carbocycles. The van der Waals surface area contributed by atoms with Gasteiger partial charge in [-0.1, -0.05) is 0 Å². The first-order chi connectivity index (χ1) is 9.16. The molecule has 2 aliphatic rings. The Morgan fingerprint density at radius 1 is 1.30 bits per heavy atom. The second-order valence-corrected chi connectivity index (χ2v) is 7.65. The van der Waals surface area contributed by atoms with Gasteiger partial charge in [-0.3, -0.25) is 4.90 Å². The van der Waals surface area contributed by atoms with E-state index in [9.17, 15) is 4.79 Å². The second-order valence-electron chi connectivity index (χ2n) is 7.65. The zero-order valence-electron chi connectivity index (χ0n) is 13.5. The van der Waals surface area contributed by atoms with Gasteiger partial charge in [-0.25, -0.2) is 4.79 Å². The van der Waals surface area contributed by atoms with E-state index in [1.807, 2.05) is 25.7 Å². The normalized spacial score (nSPS) is 27.6. The van der Waals surface area contributed by atoms with Gasteiger partial charge in [0.15, 0.2) is 0 Å². The zero-order chi connectivity index (χ0) is 15.0. The van der Waals surface area contributed by atoms with Gasteiger partial charge in [-0.05, 0) is 41.0 Å². The molecule has 116 valence electrons. The van der Waals surface area contributed by atoms with Crippen LogP contribution in [0, 0.1) is 0 Å². The van der Waals surface area contributed by atoms with Crippen molar-refractivity contribution >= 4 is 6.09 Å². The van der Waals surface area contributed by atoms with Gasteiger partial charge in [-0.2, -0.15) is 0 Å². The maximum atomic E-state index is 12.1. The molecule has 0 saturated carbocycles. The monoisotopic (exact) mass is 283 g/mol. The summed E-state index contributed by atoms with van der Waals surface area (Å²) < 4.78 is 5.45. The van der Waals surface area contributed by atoms with Crippen molar-refractivity contribution in [2.75, 3.05) is 32.7 Å². The van der Waals surface area contributed by atoms with Gasteiger partial charge in [0.1, 0.15) is 5.60 Å². The molecule has 0 aromatic heterocycles. The minimum atomic E-state index is -0.411. The summed E-state index contributed by atoms with van der Waals surface area (Å²) in [5, 5.41) is 3.53. The number of ether oxygens (including phenoxy) is 1. The predicted molar refractivity (Wildman–Crippen MR) is 79.9 cm³/mol. The fourth-order valence-electron chi connectivity index (χ4n) is 3.02. The minimum absolute atomic E-state index is 0.164. The molecule has 0 aromatic rings. The van der Waals surface area contributed by atoms with Crippen LogP contribution in [0.5, 0.6) is 0 Å². The number of hydrogen-bond donors (Lipinski definition) is 1. The number of likely N-dealkylation sites (tertiary alicyclic amines) is 1. The van der Waals surface area contributed by atoms with Crippen LogP contribution in [-0.2, 0) is 4.74 Å². The number of piperazine rings is 1. The molecule has 1 amide bonds. The van der Waals surface area contributed by atoms with Gasteiger partial charge in [0.05, 0.1) is 0 Å². The maximum absolute atomic E-state index is 12.1. The van der Waals surface area contributed by atoms with Crippen molar-refractivity contribution in [3.63, 3.8) is 0 Å². The lowest BCUT2D eigenvalue weighted by Crippen LogP contribution is -2.59. The molecule has 0 bridgehead atoms. The van der Waals surface area contributed by atoms with Crippen LogP contribution in [0.2, 0.25) is 0 Å². The number of carbonyl (C=O) groups is 1. The van der Waals surface area contributed by atoms with Crippen molar-refractivity contribution in [2.45, 2.75) is 58.2 Å². The Morgan fingerprint density at radius 2 is 2.00 bits per heavy atom. The second kappa shape index (κ2) is 5.53. The topological polar surface area (TPSA) is 44.8 Å². The van der Waals surface area contributed by atoms with Gasteiger partial charge in [0.2, 0.25) is 0 Å². The summed E-state index contributed by atoms with van der Waals surface area (Å²) in [6.07, 6.45) is 0.879. The van der Waals surface area contributed by atoms with Crippen LogP contribution in [0.25, 0.3) is 0 Å². The van der Waals surface area contributed by atoms with Crippen LogP contribution < -0.4 is 5.32 Å². The summed E-state index contributed by atoms with van der Waals surface area (Å²) in [7, 11) is 0. The number of nitrogens with zero attached hydrogens (tertiary/aromatic N) is 2. The van der Waals surface area contributed by atoms with E-state index in [2.05, 4.69) is 24.1 Å². The third kappa shape index (κ3) is 4.09. The standard InChI is InChI=1S/C15H29N3O2/c1-14(2,3)20-13(19)17-8-6-12(10-17)18-9-7-16-15(4,5)11-18/h12,16H,6-11H2,1-5H3. The van der Waals surface area contributed by atoms with Crippen LogP contribution >= 0.6 is 0 Å². The zero-order valence-corrected chi connectivity index (χ0v) is 13.5. The van der Waals surface area contributed by atoms with Crippen molar-refractivity contribution < 1.29 is 9.53 Å². The summed E-state index contributed by atoms with van der Waals surface area (Å²) in [4.78, 5) is 16.5. The van der Waals surface area contributed by atoms with Crippen molar-refractivity contribution in [1.82, 2.24) is 15.1 Å². The maximum Gasteiger partial charge on any atom is 0.410 e. The lowest BCUT2D eigenvalue weighted by Gasteiger charge is -2.42. The fourth-order valence-corrected chi connectivity index (χ4v) is 3.02. The predicted octanol–water partition coefficient (Wildman–Crippen LogP) is 1.68. The molecule has 1 N–H and O–H groups in total. The first kappa shape index (κ1) is 15.6. The van der Waals surface area contributed by atoms with Crippen LogP contribution in [0.1, 0.15) is 41.0 Å². The van der Waals surface area contributed by atoms with Crippen molar-refractivity contribution in [3.05, 3.63) is 0 Å². The molecule has 0 aromatic carbocycles. The lowest BCUT2D eigenvalue weighted by molar-refractivity contribution is 0.0271. The quantitative estimate of drug-likeness (QED) is 0.795. The number of amides is 1. The Hall–Kier alpha value is -0.810. The number of hydrogen-bond acceptors (Lipinski definition) is 4. The van der Waals surface area contributed by atoms with Gasteiger partial charge >= 0.3 is 6.09 Å². The van der Waals surface area contributed by atoms with Gasteiger partial charge in [0, 0.05) is 44.3 Å². The van der Waals surface area contributed by atoms with Gasteiger partial charge in [0.25, 0.3) is 0 Å². The minimum Gasteiger partial charge on any atom is -0.444 e. The lowest BCUT2D eigenvalue weighted by atomic mass is 10.0. The Balaban J connectivity index is 1.87. The highest BCUT2D eigenvalue weighted by molar-refractivity contribution is 5.68. The van der Waals surface area contributed by atoms with Crippen LogP contribution in [0.15, 0.2) is 0 Å². The number of carbonyl (C=O) groups excluding carboxylic acids is 1. The molecule has 0 radical (unpaired) electrons. The highest BCUT2D eigenvalue weighted by Gasteiger charge is 2.36. The highest BCUT2D eigenvalue weighted by atomic mass is 16.6. The average molecular weight is 283 g/mol. The first-order valence-corrected chi connectivity index (χ1v) is 7.63. The molecule has 2 rings (SSSR count). The molecule has 1 atom stereocenters. The molecule has 2 saturated heterocycles. The summed E-state index contributed by atoms with van der Waals surface area (Å²) in [5.41, 5.74) is -0.246. The molecule has 5 nitrogen and oxygen atoms in total. The van der Waals surface area contributed by atoms with Gasteiger partial charge in [-0.15, -0.1) is 0 Å². The molecular formula is C15H29N3O2. The molecule has 1 unspecified atom stereocenters. The van der Waals surface area contributed by atoms with Crippen molar-refractivity contribution in [1.29, 1.82) is 0 Å². The molecule has 20 heavy (non-hydrogen) atoms. The Bertz CT molecular complexity index is 363. The van der Waals surface area contributed by atoms with Crippen LogP contribution in [-0.4, -0.2) is 65.8 Å². The molecule has 2 aliphatic heterocycles. The Morgan fingerprint density at radius 3 is 2.60 bits per heavy atom. The van der Waals surface area contributed by atoms with E-state index >= 15 is 0 Å². The number of nitrogens with one attached hydrogen (secondary N) is 1. The van der Waals surface area contributed by atoms with Crippen LogP contribution in [0.4, 0.5) is 4.79 Å². The van der Waals surface area contributed by atoms with E-state index in [0.717, 1.165) is 39.1 Å². The first-order valence-electron chi connectivity index (χ1n) is 7.63. The Kier molecular flexibility index (Phi) is 4.30. The summed E-state index contributed by atoms with van der Waals surface area (Å²) in [6.45, 7) is 15.0. The van der Waals surface area contributed by atoms with Gasteiger partial charge < -0.3 is 15.0 Å². The number of rotatable bonds is 1. The molecule has 5 heteroatoms. The SMILES string of the molecule is CC1(C)CN(C2CCN(C(=O)OC(C)(C)C)C2)CCN1. The van der Waals surface area contributed by atoms with Crippen molar-refractivity contribution in [3.8, 4) is 0 Å². The molecular weight excluding hydrogens is 254 g/mol. The molecule has 0 spiro atoms. The highest BCUT2D eigenvalue weighted by Crippen LogP contribution is 2.22. The summed E-state index contributed by atoms with van der Waals surface area (Å²) >= 11 is 0. The smallest absolute Gasteiger partial charge is 0.410 e. The van der Waals surface area contributed by atoms with E-state index in [0.29, 0.717) is 6.04 Å². The van der Waals surface area contributed by atoms with E-state index in [1.54, 1.807) is 0 Å². The molecule has 2 fully saturated rings. The van der Waals surface area contributed by atoms with E-state index in [-0.39, 0.29) is 11.6 Å².